The van der Waals surface area contributed by atoms with Crippen LogP contribution < -0.4 is 5.73 Å². The molecule has 0 aliphatic heterocycles. The average molecular weight is 284 g/mol. The summed E-state index contributed by atoms with van der Waals surface area (Å²) in [5.41, 5.74) is 8.78. The van der Waals surface area contributed by atoms with E-state index in [4.69, 9.17) is 17.3 Å². The van der Waals surface area contributed by atoms with Crippen LogP contribution in [0.25, 0.3) is 16.7 Å². The fourth-order valence-electron chi connectivity index (χ4n) is 2.27. The van der Waals surface area contributed by atoms with Crippen molar-refractivity contribution in [3.63, 3.8) is 0 Å². The van der Waals surface area contributed by atoms with Crippen LogP contribution in [0.5, 0.6) is 0 Å². The smallest absolute Gasteiger partial charge is 0.135 e. The predicted molar refractivity (Wildman–Crippen MR) is 83.2 cm³/mol. The largest absolute Gasteiger partial charge is 0.318 e. The number of hydrogen-bond acceptors (Lipinski definition) is 2. The highest BCUT2D eigenvalue weighted by Crippen LogP contribution is 2.29. The summed E-state index contributed by atoms with van der Waals surface area (Å²) in [5, 5.41) is 0.654. The number of imidazole rings is 1. The predicted octanol–water partition coefficient (Wildman–Crippen LogP) is 3.86. The minimum atomic E-state index is -0.348. The lowest BCUT2D eigenvalue weighted by molar-refractivity contribution is 0.792. The highest BCUT2D eigenvalue weighted by molar-refractivity contribution is 6.35. The molecule has 3 rings (SSSR count). The Morgan fingerprint density at radius 3 is 2.60 bits per heavy atom. The van der Waals surface area contributed by atoms with Crippen molar-refractivity contribution in [3.8, 4) is 5.69 Å². The van der Waals surface area contributed by atoms with E-state index < -0.39 is 0 Å². The first-order valence-corrected chi connectivity index (χ1v) is 6.70. The van der Waals surface area contributed by atoms with Crippen molar-refractivity contribution in [2.45, 2.75) is 6.04 Å². The maximum Gasteiger partial charge on any atom is 0.135 e. The first kappa shape index (κ1) is 12.9. The first-order valence-electron chi connectivity index (χ1n) is 6.33. The fraction of sp³-hybridized carbons (Fsp3) is 0.0625. The van der Waals surface area contributed by atoms with Gasteiger partial charge in [0, 0.05) is 5.69 Å². The maximum atomic E-state index is 6.35. The molecule has 2 N–H and O–H groups in total. The molecule has 0 saturated carbocycles. The van der Waals surface area contributed by atoms with E-state index in [1.54, 1.807) is 6.08 Å². The van der Waals surface area contributed by atoms with Gasteiger partial charge in [-0.2, -0.15) is 0 Å². The van der Waals surface area contributed by atoms with Gasteiger partial charge in [-0.05, 0) is 24.3 Å². The number of hydrogen-bond donors (Lipinski definition) is 1. The molecule has 0 aliphatic rings. The monoisotopic (exact) mass is 283 g/mol. The van der Waals surface area contributed by atoms with Crippen molar-refractivity contribution in [2.24, 2.45) is 5.73 Å². The SMILES string of the molecule is C=C[C@H](N)c1nc2cccc(Cl)c2n1-c1ccccc1. The molecule has 0 amide bonds. The lowest BCUT2D eigenvalue weighted by atomic mass is 10.2. The maximum absolute atomic E-state index is 6.35. The Balaban J connectivity index is 2.39. The summed E-state index contributed by atoms with van der Waals surface area (Å²) in [5.74, 6) is 0.731. The number of halogens is 1. The topological polar surface area (TPSA) is 43.8 Å². The van der Waals surface area contributed by atoms with Gasteiger partial charge in [0.1, 0.15) is 5.82 Å². The number of para-hydroxylation sites is 2. The third-order valence-electron chi connectivity index (χ3n) is 3.22. The van der Waals surface area contributed by atoms with Crippen molar-refractivity contribution in [1.29, 1.82) is 0 Å². The molecule has 3 nitrogen and oxygen atoms in total. The number of nitrogens with zero attached hydrogens (tertiary/aromatic N) is 2. The molecule has 3 aromatic rings. The van der Waals surface area contributed by atoms with Gasteiger partial charge in [0.05, 0.1) is 22.1 Å². The molecule has 0 bridgehead atoms. The molecule has 1 aromatic heterocycles. The van der Waals surface area contributed by atoms with E-state index in [0.29, 0.717) is 5.02 Å². The third-order valence-corrected chi connectivity index (χ3v) is 3.52. The number of aromatic nitrogens is 2. The number of rotatable bonds is 3. The second kappa shape index (κ2) is 5.12. The zero-order valence-electron chi connectivity index (χ0n) is 10.8. The van der Waals surface area contributed by atoms with Crippen LogP contribution >= 0.6 is 11.6 Å². The van der Waals surface area contributed by atoms with Gasteiger partial charge in [-0.1, -0.05) is 41.9 Å². The summed E-state index contributed by atoms with van der Waals surface area (Å²) >= 11 is 6.35. The summed E-state index contributed by atoms with van der Waals surface area (Å²) in [6, 6.07) is 15.2. The van der Waals surface area contributed by atoms with Crippen LogP contribution in [0.15, 0.2) is 61.2 Å². The Hall–Kier alpha value is -2.10. The van der Waals surface area contributed by atoms with E-state index in [0.717, 1.165) is 22.5 Å². The lowest BCUT2D eigenvalue weighted by Gasteiger charge is -2.12. The number of nitrogens with two attached hydrogens (primary N) is 1. The summed E-state index contributed by atoms with van der Waals surface area (Å²) in [4.78, 5) is 4.60. The molecule has 0 aliphatic carbocycles. The van der Waals surface area contributed by atoms with Gasteiger partial charge in [-0.3, -0.25) is 4.57 Å². The average Bonchev–Trinajstić information content (AvgIpc) is 2.88. The Kier molecular flexibility index (Phi) is 3.30. The zero-order valence-corrected chi connectivity index (χ0v) is 11.6. The van der Waals surface area contributed by atoms with Crippen LogP contribution in [-0.4, -0.2) is 9.55 Å². The molecule has 100 valence electrons. The van der Waals surface area contributed by atoms with E-state index in [2.05, 4.69) is 11.6 Å². The standard InChI is InChI=1S/C16H14ClN3/c1-2-13(18)16-19-14-10-6-9-12(17)15(14)20(16)11-7-4-3-5-8-11/h2-10,13H,1,18H2/t13-/m0/s1. The second-order valence-electron chi connectivity index (χ2n) is 4.51. The molecule has 1 heterocycles. The van der Waals surface area contributed by atoms with Gasteiger partial charge < -0.3 is 5.73 Å². The number of fused-ring (bicyclic) bond motifs is 1. The van der Waals surface area contributed by atoms with Gasteiger partial charge in [0.25, 0.3) is 0 Å². The van der Waals surface area contributed by atoms with E-state index in [-0.39, 0.29) is 6.04 Å². The zero-order chi connectivity index (χ0) is 14.1. The highest BCUT2D eigenvalue weighted by Gasteiger charge is 2.17. The molecule has 20 heavy (non-hydrogen) atoms. The molecular weight excluding hydrogens is 270 g/mol. The minimum Gasteiger partial charge on any atom is -0.318 e. The Morgan fingerprint density at radius 2 is 1.90 bits per heavy atom. The van der Waals surface area contributed by atoms with E-state index >= 15 is 0 Å². The Bertz CT molecular complexity index is 762. The van der Waals surface area contributed by atoms with Crippen molar-refractivity contribution >= 4 is 22.6 Å². The summed E-state index contributed by atoms with van der Waals surface area (Å²) in [6.45, 7) is 3.75. The van der Waals surface area contributed by atoms with Crippen LogP contribution in [0.1, 0.15) is 11.9 Å². The van der Waals surface area contributed by atoms with Crippen molar-refractivity contribution in [3.05, 3.63) is 72.0 Å². The highest BCUT2D eigenvalue weighted by atomic mass is 35.5. The third kappa shape index (κ3) is 2.01. The van der Waals surface area contributed by atoms with Crippen LogP contribution in [0.3, 0.4) is 0 Å². The molecular formula is C16H14ClN3. The quantitative estimate of drug-likeness (QED) is 0.742. The normalized spacial score (nSPS) is 12.5. The fourth-order valence-corrected chi connectivity index (χ4v) is 2.53. The van der Waals surface area contributed by atoms with Gasteiger partial charge >= 0.3 is 0 Å². The molecule has 0 radical (unpaired) electrons. The Labute approximate surface area is 122 Å². The van der Waals surface area contributed by atoms with Crippen LogP contribution in [0.2, 0.25) is 5.02 Å². The van der Waals surface area contributed by atoms with Crippen LogP contribution in [0.4, 0.5) is 0 Å². The minimum absolute atomic E-state index is 0.348. The van der Waals surface area contributed by atoms with Gasteiger partial charge in [-0.25, -0.2) is 4.98 Å². The van der Waals surface area contributed by atoms with Crippen LogP contribution in [0, 0.1) is 0 Å². The molecule has 0 fully saturated rings. The van der Waals surface area contributed by atoms with Gasteiger partial charge in [-0.15, -0.1) is 6.58 Å². The lowest BCUT2D eigenvalue weighted by Crippen LogP contribution is -2.13. The summed E-state index contributed by atoms with van der Waals surface area (Å²) < 4.78 is 1.99. The van der Waals surface area contributed by atoms with Crippen molar-refractivity contribution in [2.75, 3.05) is 0 Å². The second-order valence-corrected chi connectivity index (χ2v) is 4.92. The van der Waals surface area contributed by atoms with Crippen molar-refractivity contribution < 1.29 is 0 Å². The van der Waals surface area contributed by atoms with E-state index in [1.807, 2.05) is 53.1 Å². The molecule has 4 heteroatoms. The van der Waals surface area contributed by atoms with Gasteiger partial charge in [0.15, 0.2) is 0 Å². The first-order chi connectivity index (χ1) is 9.72. The number of benzene rings is 2. The molecule has 0 spiro atoms. The van der Waals surface area contributed by atoms with Crippen LogP contribution in [-0.2, 0) is 0 Å². The molecule has 0 saturated heterocycles. The molecule has 2 aromatic carbocycles. The summed E-state index contributed by atoms with van der Waals surface area (Å²) in [6.07, 6.45) is 1.68. The Morgan fingerprint density at radius 1 is 1.15 bits per heavy atom. The van der Waals surface area contributed by atoms with E-state index in [1.165, 1.54) is 0 Å². The summed E-state index contributed by atoms with van der Waals surface area (Å²) in [7, 11) is 0. The van der Waals surface area contributed by atoms with Gasteiger partial charge in [0.2, 0.25) is 0 Å². The van der Waals surface area contributed by atoms with Crippen molar-refractivity contribution in [1.82, 2.24) is 9.55 Å². The molecule has 1 atom stereocenters. The molecule has 0 unspecified atom stereocenters. The van der Waals surface area contributed by atoms with E-state index in [9.17, 15) is 0 Å².